The van der Waals surface area contributed by atoms with Crippen LogP contribution in [0, 0.1) is 5.92 Å². The van der Waals surface area contributed by atoms with Crippen LogP contribution in [0.4, 0.5) is 0 Å². The van der Waals surface area contributed by atoms with Gasteiger partial charge in [-0.15, -0.1) is 0 Å². The third kappa shape index (κ3) is 1.94. The number of Topliss-reactive ketones (excluding diaryl/α,β-unsaturated/α-hetero) is 1. The number of ether oxygens (including phenoxy) is 1. The number of fused-ring (bicyclic) bond motifs is 4. The zero-order valence-electron chi connectivity index (χ0n) is 10.5. The van der Waals surface area contributed by atoms with Crippen LogP contribution < -0.4 is 15.4 Å². The Morgan fingerprint density at radius 1 is 1.53 bits per heavy atom. The van der Waals surface area contributed by atoms with E-state index in [1.54, 1.807) is 6.92 Å². The van der Waals surface area contributed by atoms with Crippen molar-refractivity contribution in [3.63, 3.8) is 0 Å². The molecule has 3 atom stereocenters. The number of hydrogen-bond donors (Lipinski definition) is 2. The highest BCUT2D eigenvalue weighted by atomic mass is 79.9. The Bertz CT molecular complexity index is 592. The lowest BCUT2D eigenvalue weighted by Crippen LogP contribution is -2.69. The van der Waals surface area contributed by atoms with Gasteiger partial charge < -0.3 is 15.4 Å². The third-order valence-electron chi connectivity index (χ3n) is 3.65. The molecule has 2 aliphatic heterocycles. The van der Waals surface area contributed by atoms with Crippen molar-refractivity contribution in [1.82, 2.24) is 10.6 Å². The average Bonchev–Trinajstić information content (AvgIpc) is 2.25. The first kappa shape index (κ1) is 12.9. The molecule has 0 spiro atoms. The summed E-state index contributed by atoms with van der Waals surface area (Å²) in [6.45, 7) is 3.45. The predicted octanol–water partition coefficient (Wildman–Crippen LogP) is 2.28. The largest absolute Gasteiger partial charge is 0.467 e. The lowest BCUT2D eigenvalue weighted by molar-refractivity contribution is -0.133. The topological polar surface area (TPSA) is 50.4 Å². The molecule has 100 valence electrons. The first-order valence-electron chi connectivity index (χ1n) is 5.98. The Morgan fingerprint density at radius 3 is 2.95 bits per heavy atom. The Labute approximate surface area is 125 Å². The van der Waals surface area contributed by atoms with E-state index < -0.39 is 5.72 Å². The first-order chi connectivity index (χ1) is 8.90. The van der Waals surface area contributed by atoms with Gasteiger partial charge in [0, 0.05) is 10.0 Å². The highest BCUT2D eigenvalue weighted by Crippen LogP contribution is 2.45. The molecule has 0 saturated carbocycles. The fraction of sp³-hybridized carbons (Fsp3) is 0.385. The Morgan fingerprint density at radius 2 is 2.26 bits per heavy atom. The molecular weight excluding hydrogens is 328 g/mol. The van der Waals surface area contributed by atoms with Gasteiger partial charge in [-0.1, -0.05) is 22.0 Å². The zero-order chi connectivity index (χ0) is 13.8. The van der Waals surface area contributed by atoms with Crippen LogP contribution in [0.2, 0.25) is 0 Å². The van der Waals surface area contributed by atoms with Crippen LogP contribution in [-0.4, -0.2) is 16.6 Å². The maximum absolute atomic E-state index is 12.0. The van der Waals surface area contributed by atoms with Gasteiger partial charge in [-0.05, 0) is 38.2 Å². The van der Waals surface area contributed by atoms with Gasteiger partial charge in [-0.3, -0.25) is 4.79 Å². The van der Waals surface area contributed by atoms with Crippen molar-refractivity contribution < 1.29 is 9.53 Å². The van der Waals surface area contributed by atoms with Crippen molar-refractivity contribution in [3.8, 4) is 5.75 Å². The second-order valence-electron chi connectivity index (χ2n) is 5.06. The average molecular weight is 341 g/mol. The number of halogens is 1. The SMILES string of the molecule is CC(=O)[C@@H]1[C@H]2NC(=S)N[C@@]1(C)Oc1cc(Br)ccc12. The molecule has 2 bridgehead atoms. The minimum Gasteiger partial charge on any atom is -0.467 e. The van der Waals surface area contributed by atoms with E-state index in [4.69, 9.17) is 17.0 Å². The molecule has 0 aromatic heterocycles. The summed E-state index contributed by atoms with van der Waals surface area (Å²) >= 11 is 8.63. The Kier molecular flexibility index (Phi) is 2.83. The van der Waals surface area contributed by atoms with Crippen molar-refractivity contribution in [3.05, 3.63) is 28.2 Å². The molecule has 1 aromatic carbocycles. The smallest absolute Gasteiger partial charge is 0.191 e. The van der Waals surface area contributed by atoms with Crippen LogP contribution in [0.5, 0.6) is 5.75 Å². The van der Waals surface area contributed by atoms with Gasteiger partial charge in [-0.25, -0.2) is 0 Å². The minimum absolute atomic E-state index is 0.0727. The predicted molar refractivity (Wildman–Crippen MR) is 79.0 cm³/mol. The van der Waals surface area contributed by atoms with E-state index in [0.717, 1.165) is 15.8 Å². The van der Waals surface area contributed by atoms with E-state index in [1.165, 1.54) is 0 Å². The lowest BCUT2D eigenvalue weighted by atomic mass is 9.78. The highest BCUT2D eigenvalue weighted by Gasteiger charge is 2.53. The van der Waals surface area contributed by atoms with Gasteiger partial charge in [0.25, 0.3) is 0 Å². The van der Waals surface area contributed by atoms with E-state index in [9.17, 15) is 4.79 Å². The first-order valence-corrected chi connectivity index (χ1v) is 7.18. The van der Waals surface area contributed by atoms with E-state index in [1.807, 2.05) is 25.1 Å². The fourth-order valence-corrected chi connectivity index (χ4v) is 3.60. The minimum atomic E-state index is -0.799. The Hall–Kier alpha value is -1.14. The second kappa shape index (κ2) is 4.18. The summed E-state index contributed by atoms with van der Waals surface area (Å²) in [7, 11) is 0. The summed E-state index contributed by atoms with van der Waals surface area (Å²) in [5.74, 6) is 0.526. The number of hydrogen-bond acceptors (Lipinski definition) is 3. The summed E-state index contributed by atoms with van der Waals surface area (Å²) < 4.78 is 6.97. The van der Waals surface area contributed by atoms with Gasteiger partial charge in [0.2, 0.25) is 0 Å². The number of nitrogens with one attached hydrogen (secondary N) is 2. The molecule has 6 heteroatoms. The van der Waals surface area contributed by atoms with Crippen LogP contribution in [0.3, 0.4) is 0 Å². The molecular formula is C13H13BrN2O2S. The normalized spacial score (nSPS) is 31.6. The van der Waals surface area contributed by atoms with Crippen molar-refractivity contribution in [2.75, 3.05) is 0 Å². The third-order valence-corrected chi connectivity index (χ3v) is 4.36. The quantitative estimate of drug-likeness (QED) is 0.768. The van der Waals surface area contributed by atoms with Gasteiger partial charge >= 0.3 is 0 Å². The molecule has 0 aliphatic carbocycles. The molecule has 0 amide bonds. The lowest BCUT2D eigenvalue weighted by Gasteiger charge is -2.50. The van der Waals surface area contributed by atoms with E-state index in [2.05, 4.69) is 26.6 Å². The van der Waals surface area contributed by atoms with Gasteiger partial charge in [0.05, 0.1) is 6.04 Å². The summed E-state index contributed by atoms with van der Waals surface area (Å²) in [5, 5.41) is 6.77. The van der Waals surface area contributed by atoms with Crippen LogP contribution in [-0.2, 0) is 4.79 Å². The fourth-order valence-electron chi connectivity index (χ4n) is 2.93. The van der Waals surface area contributed by atoms with Gasteiger partial charge in [-0.2, -0.15) is 0 Å². The summed E-state index contributed by atoms with van der Waals surface area (Å²) in [4.78, 5) is 12.0. The molecule has 19 heavy (non-hydrogen) atoms. The summed E-state index contributed by atoms with van der Waals surface area (Å²) in [6, 6.07) is 5.66. The van der Waals surface area contributed by atoms with Crippen LogP contribution in [0.1, 0.15) is 25.5 Å². The van der Waals surface area contributed by atoms with Gasteiger partial charge in [0.15, 0.2) is 10.8 Å². The van der Waals surface area contributed by atoms with Crippen LogP contribution >= 0.6 is 28.1 Å². The summed E-state index contributed by atoms with van der Waals surface area (Å²) in [6.07, 6.45) is 0. The van der Waals surface area contributed by atoms with Crippen LogP contribution in [0.15, 0.2) is 22.7 Å². The monoisotopic (exact) mass is 340 g/mol. The van der Waals surface area contributed by atoms with Crippen molar-refractivity contribution >= 4 is 39.0 Å². The molecule has 4 nitrogen and oxygen atoms in total. The number of carbonyl (C=O) groups excluding carboxylic acids is 1. The van der Waals surface area contributed by atoms with Gasteiger partial charge in [0.1, 0.15) is 17.5 Å². The molecule has 1 aromatic rings. The summed E-state index contributed by atoms with van der Waals surface area (Å²) in [5.41, 5.74) is 0.164. The molecule has 2 heterocycles. The number of ketones is 1. The maximum atomic E-state index is 12.0. The number of rotatable bonds is 1. The molecule has 2 N–H and O–H groups in total. The zero-order valence-corrected chi connectivity index (χ0v) is 12.9. The van der Waals surface area contributed by atoms with Crippen molar-refractivity contribution in [1.29, 1.82) is 0 Å². The van der Waals surface area contributed by atoms with E-state index >= 15 is 0 Å². The van der Waals surface area contributed by atoms with Crippen molar-refractivity contribution in [2.45, 2.75) is 25.6 Å². The van der Waals surface area contributed by atoms with Crippen LogP contribution in [0.25, 0.3) is 0 Å². The molecule has 1 saturated heterocycles. The van der Waals surface area contributed by atoms with E-state index in [0.29, 0.717) is 5.11 Å². The highest BCUT2D eigenvalue weighted by molar-refractivity contribution is 9.10. The Balaban J connectivity index is 2.18. The molecule has 0 radical (unpaired) electrons. The number of benzene rings is 1. The standard InChI is InChI=1S/C13H13BrN2O2S/c1-6(17)10-11-8-4-3-7(14)5-9(8)18-13(10,2)16-12(19)15-11/h3-5,10-11H,1-2H3,(H2,15,16,19)/t10-,11+,13+/m1/s1. The molecule has 2 aliphatic rings. The van der Waals surface area contributed by atoms with E-state index in [-0.39, 0.29) is 17.7 Å². The maximum Gasteiger partial charge on any atom is 0.191 e. The number of thiocarbonyl (C=S) groups is 1. The molecule has 0 unspecified atom stereocenters. The molecule has 1 fully saturated rings. The van der Waals surface area contributed by atoms with Crippen molar-refractivity contribution in [2.24, 2.45) is 5.92 Å². The molecule has 3 rings (SSSR count). The number of carbonyl (C=O) groups is 1. The second-order valence-corrected chi connectivity index (χ2v) is 6.38.